The van der Waals surface area contributed by atoms with E-state index in [0.29, 0.717) is 23.5 Å². The van der Waals surface area contributed by atoms with Crippen LogP contribution in [0.4, 0.5) is 8.78 Å². The van der Waals surface area contributed by atoms with Crippen LogP contribution in [-0.2, 0) is 4.74 Å². The van der Waals surface area contributed by atoms with Crippen molar-refractivity contribution in [3.05, 3.63) is 34.9 Å². The van der Waals surface area contributed by atoms with Gasteiger partial charge in [0, 0.05) is 7.11 Å². The summed E-state index contributed by atoms with van der Waals surface area (Å²) in [6.07, 6.45) is 6.76. The number of ether oxygens (including phenoxy) is 1. The van der Waals surface area contributed by atoms with Crippen molar-refractivity contribution in [2.45, 2.75) is 50.5 Å². The minimum Gasteiger partial charge on any atom is -0.381 e. The fourth-order valence-corrected chi connectivity index (χ4v) is 4.30. The van der Waals surface area contributed by atoms with Crippen molar-refractivity contribution in [3.8, 4) is 6.07 Å². The number of hydrogen-bond acceptors (Lipinski definition) is 2. The summed E-state index contributed by atoms with van der Waals surface area (Å²) in [6.45, 7) is 0. The highest BCUT2D eigenvalue weighted by Crippen LogP contribution is 2.46. The summed E-state index contributed by atoms with van der Waals surface area (Å²) < 4.78 is 33.1. The first-order chi connectivity index (χ1) is 10.6. The third kappa shape index (κ3) is 2.87. The Morgan fingerprint density at radius 2 is 1.68 bits per heavy atom. The van der Waals surface area contributed by atoms with Crippen LogP contribution in [0.25, 0.3) is 0 Å². The van der Waals surface area contributed by atoms with Gasteiger partial charge in [0.15, 0.2) is 0 Å². The van der Waals surface area contributed by atoms with Gasteiger partial charge >= 0.3 is 0 Å². The first kappa shape index (κ1) is 15.4. The maximum absolute atomic E-state index is 13.8. The predicted octanol–water partition coefficient (Wildman–Crippen LogP) is 4.54. The van der Waals surface area contributed by atoms with Crippen molar-refractivity contribution < 1.29 is 13.5 Å². The minimum absolute atomic E-state index is 0.206. The molecule has 0 saturated heterocycles. The molecule has 1 aromatic rings. The summed E-state index contributed by atoms with van der Waals surface area (Å²) in [4.78, 5) is 0. The summed E-state index contributed by atoms with van der Waals surface area (Å²) in [5.74, 6) is 0.0532. The normalized spacial score (nSPS) is 31.4. The molecule has 0 aliphatic heterocycles. The van der Waals surface area contributed by atoms with E-state index in [1.165, 1.54) is 12.1 Å². The van der Waals surface area contributed by atoms with Crippen LogP contribution in [0.2, 0.25) is 0 Å². The van der Waals surface area contributed by atoms with E-state index in [0.717, 1.165) is 38.5 Å². The summed E-state index contributed by atoms with van der Waals surface area (Å²) in [7, 11) is 1.78. The largest absolute Gasteiger partial charge is 0.381 e. The maximum atomic E-state index is 13.8. The van der Waals surface area contributed by atoms with Crippen LogP contribution < -0.4 is 0 Å². The van der Waals surface area contributed by atoms with Gasteiger partial charge in [0.25, 0.3) is 0 Å². The molecule has 22 heavy (non-hydrogen) atoms. The van der Waals surface area contributed by atoms with E-state index in [4.69, 9.17) is 10.00 Å². The standard InChI is InChI=1S/C18H21F2NO/c1-22-15-5-4-11-6-12(2-3-13(11)7-15)14-8-17(19)16(10-21)18(20)9-14/h8-9,11-13,15H,2-7H2,1H3. The highest BCUT2D eigenvalue weighted by molar-refractivity contribution is 5.36. The van der Waals surface area contributed by atoms with Gasteiger partial charge in [-0.2, -0.15) is 5.26 Å². The molecule has 4 atom stereocenters. The van der Waals surface area contributed by atoms with E-state index in [2.05, 4.69) is 0 Å². The van der Waals surface area contributed by atoms with E-state index in [-0.39, 0.29) is 5.92 Å². The average molecular weight is 305 g/mol. The molecule has 4 unspecified atom stereocenters. The summed E-state index contributed by atoms with van der Waals surface area (Å²) in [6, 6.07) is 4.30. The molecule has 3 rings (SSSR count). The fraction of sp³-hybridized carbons (Fsp3) is 0.611. The van der Waals surface area contributed by atoms with Crippen molar-refractivity contribution in [2.24, 2.45) is 11.8 Å². The lowest BCUT2D eigenvalue weighted by atomic mass is 9.65. The van der Waals surface area contributed by atoms with Gasteiger partial charge in [0.2, 0.25) is 0 Å². The zero-order valence-electron chi connectivity index (χ0n) is 12.8. The topological polar surface area (TPSA) is 33.0 Å². The van der Waals surface area contributed by atoms with E-state index in [9.17, 15) is 8.78 Å². The lowest BCUT2D eigenvalue weighted by Gasteiger charge is -2.42. The number of hydrogen-bond donors (Lipinski definition) is 0. The molecular weight excluding hydrogens is 284 g/mol. The highest BCUT2D eigenvalue weighted by Gasteiger charge is 2.36. The molecule has 0 amide bonds. The van der Waals surface area contributed by atoms with Gasteiger partial charge < -0.3 is 4.74 Å². The molecule has 4 heteroatoms. The average Bonchev–Trinajstić information content (AvgIpc) is 2.53. The third-order valence-corrected chi connectivity index (χ3v) is 5.55. The fourth-order valence-electron chi connectivity index (χ4n) is 4.30. The van der Waals surface area contributed by atoms with Crippen LogP contribution in [0.1, 0.15) is 55.6 Å². The number of halogens is 2. The number of benzene rings is 1. The van der Waals surface area contributed by atoms with Crippen LogP contribution in [0.3, 0.4) is 0 Å². The Hall–Kier alpha value is -1.47. The summed E-state index contributed by atoms with van der Waals surface area (Å²) >= 11 is 0. The van der Waals surface area contributed by atoms with E-state index in [1.807, 2.05) is 0 Å². The van der Waals surface area contributed by atoms with Crippen LogP contribution in [-0.4, -0.2) is 13.2 Å². The van der Waals surface area contributed by atoms with Crippen molar-refractivity contribution >= 4 is 0 Å². The molecule has 2 saturated carbocycles. The lowest BCUT2D eigenvalue weighted by Crippen LogP contribution is -2.33. The second-order valence-corrected chi connectivity index (χ2v) is 6.67. The molecule has 2 nitrogen and oxygen atoms in total. The first-order valence-corrected chi connectivity index (χ1v) is 8.04. The van der Waals surface area contributed by atoms with Gasteiger partial charge in [0.05, 0.1) is 6.10 Å². The Bertz CT molecular complexity index is 572. The van der Waals surface area contributed by atoms with Gasteiger partial charge in [0.1, 0.15) is 23.3 Å². The molecule has 0 aromatic heterocycles. The maximum Gasteiger partial charge on any atom is 0.144 e. The molecule has 118 valence electrons. The minimum atomic E-state index is -0.734. The monoisotopic (exact) mass is 305 g/mol. The molecule has 0 bridgehead atoms. The van der Waals surface area contributed by atoms with Crippen molar-refractivity contribution in [1.29, 1.82) is 5.26 Å². The van der Waals surface area contributed by atoms with Crippen molar-refractivity contribution in [2.75, 3.05) is 7.11 Å². The first-order valence-electron chi connectivity index (χ1n) is 8.04. The van der Waals surface area contributed by atoms with Gasteiger partial charge in [-0.3, -0.25) is 0 Å². The lowest BCUT2D eigenvalue weighted by molar-refractivity contribution is 0.0123. The van der Waals surface area contributed by atoms with Crippen LogP contribution in [0, 0.1) is 34.8 Å². The zero-order chi connectivity index (χ0) is 15.7. The molecule has 0 heterocycles. The van der Waals surface area contributed by atoms with E-state index < -0.39 is 17.2 Å². The van der Waals surface area contributed by atoms with Gasteiger partial charge in [-0.05, 0) is 74.0 Å². The van der Waals surface area contributed by atoms with Crippen LogP contribution >= 0.6 is 0 Å². The Balaban J connectivity index is 1.75. The molecule has 0 N–H and O–H groups in total. The molecule has 0 radical (unpaired) electrons. The van der Waals surface area contributed by atoms with Crippen molar-refractivity contribution in [3.63, 3.8) is 0 Å². The SMILES string of the molecule is COC1CCC2CC(c3cc(F)c(C#N)c(F)c3)CCC2C1. The Labute approximate surface area is 130 Å². The van der Waals surface area contributed by atoms with E-state index in [1.54, 1.807) is 13.2 Å². The highest BCUT2D eigenvalue weighted by atomic mass is 19.1. The summed E-state index contributed by atoms with van der Waals surface area (Å²) in [5.41, 5.74) is 0.236. The second-order valence-electron chi connectivity index (χ2n) is 6.67. The number of fused-ring (bicyclic) bond motifs is 1. The molecular formula is C18H21F2NO. The van der Waals surface area contributed by atoms with Crippen LogP contribution in [0.5, 0.6) is 0 Å². The number of nitriles is 1. The van der Waals surface area contributed by atoms with E-state index >= 15 is 0 Å². The Kier molecular flexibility index (Phi) is 4.44. The molecule has 1 aromatic carbocycles. The van der Waals surface area contributed by atoms with Crippen LogP contribution in [0.15, 0.2) is 12.1 Å². The molecule has 2 fully saturated rings. The zero-order valence-corrected chi connectivity index (χ0v) is 12.8. The smallest absolute Gasteiger partial charge is 0.144 e. The number of nitrogens with zero attached hydrogens (tertiary/aromatic N) is 1. The van der Waals surface area contributed by atoms with Gasteiger partial charge in [-0.25, -0.2) is 8.78 Å². The second kappa shape index (κ2) is 6.34. The van der Waals surface area contributed by atoms with Gasteiger partial charge in [-0.15, -0.1) is 0 Å². The number of methoxy groups -OCH3 is 1. The molecule has 0 spiro atoms. The Morgan fingerprint density at radius 3 is 2.32 bits per heavy atom. The van der Waals surface area contributed by atoms with Gasteiger partial charge in [-0.1, -0.05) is 0 Å². The third-order valence-electron chi connectivity index (χ3n) is 5.55. The molecule has 2 aliphatic carbocycles. The predicted molar refractivity (Wildman–Crippen MR) is 79.3 cm³/mol. The van der Waals surface area contributed by atoms with Crippen molar-refractivity contribution in [1.82, 2.24) is 0 Å². The summed E-state index contributed by atoms with van der Waals surface area (Å²) in [5, 5.41) is 8.76. The Morgan fingerprint density at radius 1 is 1.05 bits per heavy atom. The molecule has 2 aliphatic rings. The number of rotatable bonds is 2. The quantitative estimate of drug-likeness (QED) is 0.804.